The van der Waals surface area contributed by atoms with Gasteiger partial charge in [0.2, 0.25) is 5.91 Å². The van der Waals surface area contributed by atoms with Crippen molar-refractivity contribution in [2.75, 3.05) is 5.32 Å². The lowest BCUT2D eigenvalue weighted by Crippen LogP contribution is -2.07. The molecule has 0 bridgehead atoms. The Morgan fingerprint density at radius 1 is 1.12 bits per heavy atom. The van der Waals surface area contributed by atoms with Gasteiger partial charge in [0.1, 0.15) is 11.5 Å². The van der Waals surface area contributed by atoms with Gasteiger partial charge in [-0.2, -0.15) is 0 Å². The molecule has 1 aromatic heterocycles. The van der Waals surface area contributed by atoms with Crippen molar-refractivity contribution in [3.05, 3.63) is 82.6 Å². The van der Waals surface area contributed by atoms with E-state index in [1.807, 2.05) is 61.5 Å². The van der Waals surface area contributed by atoms with Gasteiger partial charge in [-0.1, -0.05) is 42.8 Å². The molecule has 0 aliphatic carbocycles. The van der Waals surface area contributed by atoms with E-state index in [1.54, 1.807) is 6.08 Å². The number of carbonyl (C=O) groups is 1. The fraction of sp³-hybridized carbons (Fsp3) is 0.136. The van der Waals surface area contributed by atoms with E-state index in [9.17, 15) is 4.79 Å². The molecular weight excluding hydrogens is 346 g/mol. The molecule has 132 valence electrons. The van der Waals surface area contributed by atoms with E-state index < -0.39 is 0 Å². The Hall–Kier alpha value is -2.78. The third-order valence-electron chi connectivity index (χ3n) is 4.11. The average molecular weight is 366 g/mol. The Kier molecular flexibility index (Phi) is 5.59. The van der Waals surface area contributed by atoms with Crippen LogP contribution in [0.4, 0.5) is 5.69 Å². The van der Waals surface area contributed by atoms with Crippen LogP contribution in [0.5, 0.6) is 0 Å². The quantitative estimate of drug-likeness (QED) is 0.553. The molecule has 3 rings (SSSR count). The molecule has 0 radical (unpaired) electrons. The summed E-state index contributed by atoms with van der Waals surface area (Å²) in [5.41, 5.74) is 3.93. The lowest BCUT2D eigenvalue weighted by atomic mass is 10.1. The molecule has 0 aliphatic heterocycles. The van der Waals surface area contributed by atoms with Crippen molar-refractivity contribution in [1.29, 1.82) is 0 Å². The highest BCUT2D eigenvalue weighted by molar-refractivity contribution is 6.31. The highest BCUT2D eigenvalue weighted by atomic mass is 35.5. The van der Waals surface area contributed by atoms with Crippen molar-refractivity contribution >= 4 is 29.3 Å². The first kappa shape index (κ1) is 18.0. The van der Waals surface area contributed by atoms with E-state index in [1.165, 1.54) is 11.6 Å². The highest BCUT2D eigenvalue weighted by Crippen LogP contribution is 2.27. The maximum Gasteiger partial charge on any atom is 0.248 e. The number of nitrogens with one attached hydrogen (secondary N) is 1. The summed E-state index contributed by atoms with van der Waals surface area (Å²) in [6.07, 6.45) is 4.08. The van der Waals surface area contributed by atoms with Crippen LogP contribution in [0.3, 0.4) is 0 Å². The second-order valence-corrected chi connectivity index (χ2v) is 6.45. The van der Waals surface area contributed by atoms with Gasteiger partial charge in [0.25, 0.3) is 0 Å². The van der Waals surface area contributed by atoms with Gasteiger partial charge in [-0.05, 0) is 60.9 Å². The van der Waals surface area contributed by atoms with Crippen molar-refractivity contribution in [2.24, 2.45) is 0 Å². The first-order chi connectivity index (χ1) is 12.5. The summed E-state index contributed by atoms with van der Waals surface area (Å²) in [4.78, 5) is 12.0. The number of carbonyl (C=O) groups excluding carboxylic acids is 1. The van der Waals surface area contributed by atoms with Crippen LogP contribution >= 0.6 is 11.6 Å². The first-order valence-corrected chi connectivity index (χ1v) is 8.87. The third-order valence-corrected chi connectivity index (χ3v) is 4.52. The van der Waals surface area contributed by atoms with Crippen LogP contribution in [0, 0.1) is 6.92 Å². The summed E-state index contributed by atoms with van der Waals surface area (Å²) in [5, 5.41) is 3.53. The van der Waals surface area contributed by atoms with Crippen LogP contribution in [0.2, 0.25) is 5.02 Å². The summed E-state index contributed by atoms with van der Waals surface area (Å²) < 4.78 is 5.77. The van der Waals surface area contributed by atoms with Gasteiger partial charge < -0.3 is 9.73 Å². The smallest absolute Gasteiger partial charge is 0.248 e. The lowest BCUT2D eigenvalue weighted by molar-refractivity contribution is -0.111. The second-order valence-electron chi connectivity index (χ2n) is 6.04. The van der Waals surface area contributed by atoms with E-state index in [2.05, 4.69) is 12.2 Å². The number of anilines is 1. The zero-order valence-corrected chi connectivity index (χ0v) is 15.5. The zero-order valence-electron chi connectivity index (χ0n) is 14.8. The molecular formula is C22H20ClNO2. The number of furan rings is 1. The van der Waals surface area contributed by atoms with E-state index in [0.29, 0.717) is 16.5 Å². The van der Waals surface area contributed by atoms with Gasteiger partial charge in [-0.15, -0.1) is 0 Å². The minimum atomic E-state index is -0.203. The van der Waals surface area contributed by atoms with Gasteiger partial charge in [-0.3, -0.25) is 4.79 Å². The van der Waals surface area contributed by atoms with E-state index >= 15 is 0 Å². The molecule has 3 aromatic rings. The summed E-state index contributed by atoms with van der Waals surface area (Å²) in [7, 11) is 0. The molecule has 0 atom stereocenters. The van der Waals surface area contributed by atoms with Crippen molar-refractivity contribution in [2.45, 2.75) is 20.3 Å². The van der Waals surface area contributed by atoms with Crippen LogP contribution in [0.25, 0.3) is 17.4 Å². The third kappa shape index (κ3) is 4.44. The Labute approximate surface area is 158 Å². The second kappa shape index (κ2) is 8.07. The number of benzene rings is 2. The van der Waals surface area contributed by atoms with Crippen molar-refractivity contribution < 1.29 is 9.21 Å². The molecule has 2 aromatic carbocycles. The maximum atomic E-state index is 12.0. The SMILES string of the molecule is CCc1ccc(NC(=O)/C=C/c2ccc(-c3ccc(C)c(Cl)c3)o2)cc1. The normalized spacial score (nSPS) is 11.0. The van der Waals surface area contributed by atoms with Crippen molar-refractivity contribution in [3.8, 4) is 11.3 Å². The van der Waals surface area contributed by atoms with Crippen LogP contribution < -0.4 is 5.32 Å². The molecule has 1 heterocycles. The van der Waals surface area contributed by atoms with Gasteiger partial charge in [0, 0.05) is 22.3 Å². The number of aryl methyl sites for hydroxylation is 2. The van der Waals surface area contributed by atoms with Crippen molar-refractivity contribution in [1.82, 2.24) is 0 Å². The predicted octanol–water partition coefficient (Wildman–Crippen LogP) is 6.12. The molecule has 0 saturated heterocycles. The van der Waals surface area contributed by atoms with Gasteiger partial charge in [-0.25, -0.2) is 0 Å². The zero-order chi connectivity index (χ0) is 18.5. The van der Waals surface area contributed by atoms with Gasteiger partial charge in [0.05, 0.1) is 0 Å². The number of halogens is 1. The summed E-state index contributed by atoms with van der Waals surface area (Å²) >= 11 is 6.16. The molecule has 26 heavy (non-hydrogen) atoms. The fourth-order valence-electron chi connectivity index (χ4n) is 2.51. The molecule has 0 aliphatic rings. The minimum Gasteiger partial charge on any atom is -0.457 e. The van der Waals surface area contributed by atoms with Gasteiger partial charge in [0.15, 0.2) is 0 Å². The van der Waals surface area contributed by atoms with Crippen LogP contribution in [0.1, 0.15) is 23.8 Å². The minimum absolute atomic E-state index is 0.203. The molecule has 0 fully saturated rings. The predicted molar refractivity (Wildman–Crippen MR) is 107 cm³/mol. The standard InChI is InChI=1S/C22H20ClNO2/c1-3-16-5-8-18(9-6-16)24-22(25)13-11-19-10-12-21(26-19)17-7-4-15(2)20(23)14-17/h4-14H,3H2,1-2H3,(H,24,25)/b13-11+. The molecule has 3 nitrogen and oxygen atoms in total. The average Bonchev–Trinajstić information content (AvgIpc) is 3.12. The van der Waals surface area contributed by atoms with Gasteiger partial charge >= 0.3 is 0 Å². The first-order valence-electron chi connectivity index (χ1n) is 8.49. The van der Waals surface area contributed by atoms with E-state index in [-0.39, 0.29) is 5.91 Å². The Morgan fingerprint density at radius 3 is 2.58 bits per heavy atom. The Bertz CT molecular complexity index is 939. The molecule has 0 unspecified atom stereocenters. The highest BCUT2D eigenvalue weighted by Gasteiger charge is 2.06. The lowest BCUT2D eigenvalue weighted by Gasteiger charge is -2.03. The molecule has 0 saturated carbocycles. The molecule has 0 spiro atoms. The van der Waals surface area contributed by atoms with Crippen molar-refractivity contribution in [3.63, 3.8) is 0 Å². The van der Waals surface area contributed by atoms with E-state index in [0.717, 1.165) is 23.2 Å². The fourth-order valence-corrected chi connectivity index (χ4v) is 2.69. The molecule has 1 N–H and O–H groups in total. The number of amides is 1. The summed E-state index contributed by atoms with van der Waals surface area (Å²) in [6.45, 7) is 4.05. The number of hydrogen-bond acceptors (Lipinski definition) is 2. The Balaban J connectivity index is 1.65. The Morgan fingerprint density at radius 2 is 1.88 bits per heavy atom. The van der Waals surface area contributed by atoms with Crippen LogP contribution in [0.15, 0.2) is 65.1 Å². The molecule has 4 heteroatoms. The number of hydrogen-bond donors (Lipinski definition) is 1. The number of rotatable bonds is 5. The van der Waals surface area contributed by atoms with E-state index in [4.69, 9.17) is 16.0 Å². The summed E-state index contributed by atoms with van der Waals surface area (Å²) in [5.74, 6) is 1.11. The largest absolute Gasteiger partial charge is 0.457 e. The maximum absolute atomic E-state index is 12.0. The van der Waals surface area contributed by atoms with Crippen LogP contribution in [-0.4, -0.2) is 5.91 Å². The van der Waals surface area contributed by atoms with Crippen LogP contribution in [-0.2, 0) is 11.2 Å². The topological polar surface area (TPSA) is 42.2 Å². The monoisotopic (exact) mass is 365 g/mol. The summed E-state index contributed by atoms with van der Waals surface area (Å²) in [6, 6.07) is 17.3. The molecule has 1 amide bonds.